The number of ether oxygens (including phenoxy) is 1. The average molecular weight is 360 g/mol. The molecule has 2 heterocycles. The summed E-state index contributed by atoms with van der Waals surface area (Å²) >= 11 is 1.49. The van der Waals surface area contributed by atoms with Crippen molar-refractivity contribution in [3.63, 3.8) is 0 Å². The van der Waals surface area contributed by atoms with Crippen molar-refractivity contribution in [2.75, 3.05) is 18.5 Å². The second-order valence-corrected chi connectivity index (χ2v) is 6.16. The van der Waals surface area contributed by atoms with Gasteiger partial charge in [-0.2, -0.15) is 11.3 Å². The maximum Gasteiger partial charge on any atom is 0.341 e. The first kappa shape index (κ1) is 17.3. The summed E-state index contributed by atoms with van der Waals surface area (Å²) in [4.78, 5) is 16.4. The van der Waals surface area contributed by atoms with E-state index in [2.05, 4.69) is 10.3 Å². The molecule has 1 unspecified atom stereocenters. The highest BCUT2D eigenvalue weighted by atomic mass is 32.1. The van der Waals surface area contributed by atoms with E-state index in [1.54, 1.807) is 13.0 Å². The molecule has 5 nitrogen and oxygen atoms in total. The number of aliphatic hydroxyl groups is 1. The summed E-state index contributed by atoms with van der Waals surface area (Å²) in [6, 6.07) is 5.99. The molecule has 2 aromatic heterocycles. The average Bonchev–Trinajstić information content (AvgIpc) is 3.14. The van der Waals surface area contributed by atoms with Crippen molar-refractivity contribution in [3.8, 4) is 0 Å². The van der Waals surface area contributed by atoms with Gasteiger partial charge in [0.05, 0.1) is 23.9 Å². The number of nitrogens with one attached hydrogen (secondary N) is 1. The number of hydrogen-bond acceptors (Lipinski definition) is 6. The van der Waals surface area contributed by atoms with Gasteiger partial charge < -0.3 is 15.2 Å². The van der Waals surface area contributed by atoms with Crippen molar-refractivity contribution in [1.29, 1.82) is 0 Å². The number of aliphatic hydroxyl groups excluding tert-OH is 1. The zero-order valence-corrected chi connectivity index (χ0v) is 14.3. The van der Waals surface area contributed by atoms with E-state index in [-0.39, 0.29) is 18.7 Å². The minimum absolute atomic E-state index is 0.165. The SMILES string of the molecule is CCOC(=O)c1cnc2ccc(F)cc2c1NCC(O)c1ccsc1. The van der Waals surface area contributed by atoms with Crippen molar-refractivity contribution in [3.05, 3.63) is 58.2 Å². The van der Waals surface area contributed by atoms with Crippen molar-refractivity contribution in [2.45, 2.75) is 13.0 Å². The predicted molar refractivity (Wildman–Crippen MR) is 95.4 cm³/mol. The number of hydrogen-bond donors (Lipinski definition) is 2. The number of pyridine rings is 1. The molecule has 1 atom stereocenters. The smallest absolute Gasteiger partial charge is 0.341 e. The minimum atomic E-state index is -0.752. The molecule has 3 rings (SSSR count). The van der Waals surface area contributed by atoms with Gasteiger partial charge in [0.2, 0.25) is 0 Å². The molecular formula is C18H17FN2O3S. The number of esters is 1. The highest BCUT2D eigenvalue weighted by Crippen LogP contribution is 2.28. The molecule has 3 aromatic rings. The molecule has 130 valence electrons. The number of fused-ring (bicyclic) bond motifs is 1. The first-order valence-electron chi connectivity index (χ1n) is 7.79. The number of thiophene rings is 1. The topological polar surface area (TPSA) is 71.5 Å². The Morgan fingerprint density at radius 3 is 3.00 bits per heavy atom. The molecule has 7 heteroatoms. The highest BCUT2D eigenvalue weighted by molar-refractivity contribution is 7.07. The second kappa shape index (κ2) is 7.58. The molecule has 0 amide bonds. The van der Waals surface area contributed by atoms with Gasteiger partial charge in [-0.3, -0.25) is 4.98 Å². The number of carbonyl (C=O) groups excluding carboxylic acids is 1. The Morgan fingerprint density at radius 1 is 1.44 bits per heavy atom. The molecule has 0 aliphatic rings. The van der Waals surface area contributed by atoms with Gasteiger partial charge in [-0.25, -0.2) is 9.18 Å². The van der Waals surface area contributed by atoms with Crippen molar-refractivity contribution in [2.24, 2.45) is 0 Å². The number of halogens is 1. The Balaban J connectivity index is 1.98. The molecule has 0 spiro atoms. The third kappa shape index (κ3) is 3.78. The molecule has 0 aliphatic carbocycles. The lowest BCUT2D eigenvalue weighted by molar-refractivity contribution is 0.0527. The molecule has 0 saturated heterocycles. The van der Waals surface area contributed by atoms with E-state index in [0.29, 0.717) is 16.6 Å². The molecule has 0 aliphatic heterocycles. The zero-order chi connectivity index (χ0) is 17.8. The van der Waals surface area contributed by atoms with Crippen molar-refractivity contribution in [1.82, 2.24) is 4.98 Å². The minimum Gasteiger partial charge on any atom is -0.462 e. The van der Waals surface area contributed by atoms with Gasteiger partial charge in [-0.1, -0.05) is 0 Å². The van der Waals surface area contributed by atoms with Crippen LogP contribution in [-0.4, -0.2) is 29.2 Å². The summed E-state index contributed by atoms with van der Waals surface area (Å²) in [5, 5.41) is 17.5. The second-order valence-electron chi connectivity index (χ2n) is 5.38. The summed E-state index contributed by atoms with van der Waals surface area (Å²) in [7, 11) is 0. The van der Waals surface area contributed by atoms with Crippen LogP contribution >= 0.6 is 11.3 Å². The first-order valence-corrected chi connectivity index (χ1v) is 8.74. The van der Waals surface area contributed by atoms with Crippen LogP contribution in [0.15, 0.2) is 41.2 Å². The van der Waals surface area contributed by atoms with Gasteiger partial charge in [0.1, 0.15) is 11.4 Å². The normalized spacial score (nSPS) is 12.1. The number of anilines is 1. The summed E-state index contributed by atoms with van der Waals surface area (Å²) in [6.45, 7) is 2.09. The Hall–Kier alpha value is -2.51. The van der Waals surface area contributed by atoms with Crippen molar-refractivity contribution >= 4 is 33.9 Å². The maximum atomic E-state index is 13.7. The van der Waals surface area contributed by atoms with Crippen LogP contribution in [0.2, 0.25) is 0 Å². The highest BCUT2D eigenvalue weighted by Gasteiger charge is 2.18. The predicted octanol–water partition coefficient (Wildman–Crippen LogP) is 3.76. The molecule has 2 N–H and O–H groups in total. The van der Waals surface area contributed by atoms with Crippen LogP contribution in [0, 0.1) is 5.82 Å². The van der Waals surface area contributed by atoms with E-state index in [0.717, 1.165) is 5.56 Å². The van der Waals surface area contributed by atoms with E-state index < -0.39 is 17.9 Å². The Labute approximate surface area is 148 Å². The monoisotopic (exact) mass is 360 g/mol. The lowest BCUT2D eigenvalue weighted by atomic mass is 10.1. The summed E-state index contributed by atoms with van der Waals surface area (Å²) in [5.74, 6) is -0.981. The fourth-order valence-electron chi connectivity index (χ4n) is 2.50. The van der Waals surface area contributed by atoms with E-state index >= 15 is 0 Å². The van der Waals surface area contributed by atoms with E-state index in [1.807, 2.05) is 16.8 Å². The Bertz CT molecular complexity index is 883. The van der Waals surface area contributed by atoms with Crippen LogP contribution in [0.1, 0.15) is 28.9 Å². The van der Waals surface area contributed by atoms with E-state index in [4.69, 9.17) is 4.74 Å². The lowest BCUT2D eigenvalue weighted by Crippen LogP contribution is -2.16. The van der Waals surface area contributed by atoms with Crippen molar-refractivity contribution < 1.29 is 19.0 Å². The third-order valence-electron chi connectivity index (χ3n) is 3.73. The molecular weight excluding hydrogens is 343 g/mol. The number of carbonyl (C=O) groups is 1. The van der Waals surface area contributed by atoms with Gasteiger partial charge in [0.25, 0.3) is 0 Å². The largest absolute Gasteiger partial charge is 0.462 e. The Kier molecular flexibility index (Phi) is 5.25. The summed E-state index contributed by atoms with van der Waals surface area (Å²) in [5.41, 5.74) is 1.93. The summed E-state index contributed by atoms with van der Waals surface area (Å²) in [6.07, 6.45) is 0.649. The maximum absolute atomic E-state index is 13.7. The van der Waals surface area contributed by atoms with Gasteiger partial charge in [-0.05, 0) is 47.5 Å². The van der Waals surface area contributed by atoms with Crippen LogP contribution in [-0.2, 0) is 4.74 Å². The lowest BCUT2D eigenvalue weighted by Gasteiger charge is -2.16. The first-order chi connectivity index (χ1) is 12.1. The van der Waals surface area contributed by atoms with Gasteiger partial charge in [-0.15, -0.1) is 0 Å². The molecule has 25 heavy (non-hydrogen) atoms. The zero-order valence-electron chi connectivity index (χ0n) is 13.5. The Morgan fingerprint density at radius 2 is 2.28 bits per heavy atom. The van der Waals surface area contributed by atoms with E-state index in [9.17, 15) is 14.3 Å². The fourth-order valence-corrected chi connectivity index (χ4v) is 3.21. The van der Waals surface area contributed by atoms with Crippen LogP contribution < -0.4 is 5.32 Å². The number of benzene rings is 1. The fraction of sp³-hybridized carbons (Fsp3) is 0.222. The standard InChI is InChI=1S/C18H17FN2O3S/c1-2-24-18(23)14-8-20-15-4-3-12(19)7-13(15)17(14)21-9-16(22)11-5-6-25-10-11/h3-8,10,16,22H,2,9H2,1H3,(H,20,21). The quantitative estimate of drug-likeness (QED) is 0.655. The van der Waals surface area contributed by atoms with Gasteiger partial charge in [0, 0.05) is 18.1 Å². The van der Waals surface area contributed by atoms with Crippen LogP contribution in [0.25, 0.3) is 10.9 Å². The molecule has 0 fully saturated rings. The molecule has 1 aromatic carbocycles. The molecule has 0 radical (unpaired) electrons. The van der Waals surface area contributed by atoms with Gasteiger partial charge in [0.15, 0.2) is 0 Å². The number of aromatic nitrogens is 1. The van der Waals surface area contributed by atoms with Crippen LogP contribution in [0.3, 0.4) is 0 Å². The van der Waals surface area contributed by atoms with E-state index in [1.165, 1.54) is 29.7 Å². The number of rotatable bonds is 6. The van der Waals surface area contributed by atoms with Crippen LogP contribution in [0.4, 0.5) is 10.1 Å². The van der Waals surface area contributed by atoms with Gasteiger partial charge >= 0.3 is 5.97 Å². The third-order valence-corrected chi connectivity index (χ3v) is 4.43. The summed E-state index contributed by atoms with van der Waals surface area (Å²) < 4.78 is 18.8. The molecule has 0 saturated carbocycles. The number of nitrogens with zero attached hydrogens (tertiary/aromatic N) is 1. The van der Waals surface area contributed by atoms with Crippen LogP contribution in [0.5, 0.6) is 0 Å². The molecule has 0 bridgehead atoms.